The summed E-state index contributed by atoms with van der Waals surface area (Å²) in [6, 6.07) is 18.3. The molecule has 4 rings (SSSR count). The van der Waals surface area contributed by atoms with Gasteiger partial charge < -0.3 is 4.57 Å². The van der Waals surface area contributed by atoms with Gasteiger partial charge in [0.1, 0.15) is 0 Å². The van der Waals surface area contributed by atoms with Crippen LogP contribution < -0.4 is 0 Å². The van der Waals surface area contributed by atoms with Gasteiger partial charge in [0.05, 0.1) is 0 Å². The zero-order chi connectivity index (χ0) is 21.1. The van der Waals surface area contributed by atoms with E-state index in [2.05, 4.69) is 53.9 Å². The minimum atomic E-state index is 0.128. The molecule has 0 atom stereocenters. The maximum Gasteiger partial charge on any atom is 0.195 e. The Hall–Kier alpha value is -2.30. The third kappa shape index (κ3) is 4.12. The molecule has 1 aromatic heterocycles. The van der Waals surface area contributed by atoms with E-state index >= 15 is 0 Å². The number of benzene rings is 2. The maximum atomic E-state index is 13.5. The van der Waals surface area contributed by atoms with Gasteiger partial charge >= 0.3 is 0 Å². The van der Waals surface area contributed by atoms with E-state index in [-0.39, 0.29) is 5.78 Å². The molecule has 1 aliphatic rings. The summed E-state index contributed by atoms with van der Waals surface area (Å²) in [5.74, 6) is 0.128. The van der Waals surface area contributed by atoms with Crippen LogP contribution in [0, 0.1) is 13.8 Å². The first kappa shape index (κ1) is 21.0. The van der Waals surface area contributed by atoms with Crippen molar-refractivity contribution in [3.05, 3.63) is 88.2 Å². The Balaban J connectivity index is 1.74. The first-order valence-electron chi connectivity index (χ1n) is 10.9. The van der Waals surface area contributed by atoms with Crippen molar-refractivity contribution < 1.29 is 4.79 Å². The molecule has 3 aromatic rings. The smallest absolute Gasteiger partial charge is 0.195 e. The molecule has 2 heterocycles. The number of ketones is 1. The van der Waals surface area contributed by atoms with Crippen LogP contribution in [-0.2, 0) is 13.0 Å². The molecule has 4 heteroatoms. The largest absolute Gasteiger partial charge is 0.348 e. The molecule has 1 saturated heterocycles. The molecule has 30 heavy (non-hydrogen) atoms. The van der Waals surface area contributed by atoms with E-state index in [0.29, 0.717) is 0 Å². The Morgan fingerprint density at radius 2 is 1.60 bits per heavy atom. The molecule has 0 unspecified atom stereocenters. The Morgan fingerprint density at radius 3 is 2.30 bits per heavy atom. The van der Waals surface area contributed by atoms with Gasteiger partial charge in [0.15, 0.2) is 5.78 Å². The van der Waals surface area contributed by atoms with Gasteiger partial charge in [0.2, 0.25) is 0 Å². The summed E-state index contributed by atoms with van der Waals surface area (Å²) in [5.41, 5.74) is 6.38. The van der Waals surface area contributed by atoms with E-state index in [4.69, 9.17) is 0 Å². The summed E-state index contributed by atoms with van der Waals surface area (Å²) in [7, 11) is 0. The van der Waals surface area contributed by atoms with Crippen LogP contribution in [0.15, 0.2) is 59.5 Å². The number of rotatable bonds is 7. The first-order chi connectivity index (χ1) is 14.6. The van der Waals surface area contributed by atoms with Gasteiger partial charge in [-0.1, -0.05) is 48.5 Å². The van der Waals surface area contributed by atoms with Crippen LogP contribution in [0.3, 0.4) is 0 Å². The van der Waals surface area contributed by atoms with Crippen LogP contribution in [-0.4, -0.2) is 27.7 Å². The van der Waals surface area contributed by atoms with Crippen molar-refractivity contribution in [3.63, 3.8) is 0 Å². The highest BCUT2D eigenvalue weighted by molar-refractivity contribution is 7.97. The van der Waals surface area contributed by atoms with Gasteiger partial charge in [-0.2, -0.15) is 0 Å². The lowest BCUT2D eigenvalue weighted by molar-refractivity contribution is 0.103. The summed E-state index contributed by atoms with van der Waals surface area (Å²) >= 11 is 1.87. The fourth-order valence-corrected chi connectivity index (χ4v) is 5.64. The number of nitrogens with zero attached hydrogens (tertiary/aromatic N) is 2. The van der Waals surface area contributed by atoms with Crippen molar-refractivity contribution in [2.24, 2.45) is 0 Å². The molecule has 0 aliphatic carbocycles. The average Bonchev–Trinajstić information content (AvgIpc) is 3.36. The molecule has 1 fully saturated rings. The van der Waals surface area contributed by atoms with Crippen molar-refractivity contribution in [1.82, 2.24) is 8.87 Å². The predicted octanol–water partition coefficient (Wildman–Crippen LogP) is 6.05. The lowest BCUT2D eigenvalue weighted by atomic mass is 9.95. The number of aromatic nitrogens is 1. The van der Waals surface area contributed by atoms with Crippen molar-refractivity contribution in [3.8, 4) is 0 Å². The van der Waals surface area contributed by atoms with E-state index in [0.717, 1.165) is 48.4 Å². The first-order valence-corrected chi connectivity index (χ1v) is 11.7. The predicted molar refractivity (Wildman–Crippen MR) is 125 cm³/mol. The second-order valence-electron chi connectivity index (χ2n) is 7.98. The average molecular weight is 419 g/mol. The normalized spacial score (nSPS) is 14.4. The van der Waals surface area contributed by atoms with E-state index in [1.165, 1.54) is 29.0 Å². The topological polar surface area (TPSA) is 25.2 Å². The van der Waals surface area contributed by atoms with Crippen molar-refractivity contribution in [2.45, 2.75) is 51.5 Å². The summed E-state index contributed by atoms with van der Waals surface area (Å²) < 4.78 is 4.74. The van der Waals surface area contributed by atoms with Gasteiger partial charge in [-0.25, -0.2) is 4.31 Å². The van der Waals surface area contributed by atoms with Gasteiger partial charge in [-0.3, -0.25) is 4.79 Å². The van der Waals surface area contributed by atoms with Crippen molar-refractivity contribution in [2.75, 3.05) is 13.1 Å². The van der Waals surface area contributed by atoms with Crippen LogP contribution in [0.5, 0.6) is 0 Å². The zero-order valence-corrected chi connectivity index (χ0v) is 19.0. The fraction of sp³-hybridized carbons (Fsp3) is 0.346. The van der Waals surface area contributed by atoms with Gasteiger partial charge in [0.25, 0.3) is 0 Å². The highest BCUT2D eigenvalue weighted by Gasteiger charge is 2.24. The third-order valence-electron chi connectivity index (χ3n) is 6.12. The van der Waals surface area contributed by atoms with Crippen LogP contribution in [0.2, 0.25) is 0 Å². The second-order valence-corrected chi connectivity index (χ2v) is 9.11. The van der Waals surface area contributed by atoms with Crippen LogP contribution >= 0.6 is 11.9 Å². The summed E-state index contributed by atoms with van der Waals surface area (Å²) in [6.45, 7) is 9.57. The summed E-state index contributed by atoms with van der Waals surface area (Å²) in [6.07, 6.45) is 3.34. The zero-order valence-electron chi connectivity index (χ0n) is 18.1. The molecule has 0 radical (unpaired) electrons. The molecule has 0 spiro atoms. The molecule has 156 valence electrons. The lowest BCUT2D eigenvalue weighted by Gasteiger charge is -2.17. The lowest BCUT2D eigenvalue weighted by Crippen LogP contribution is -2.10. The quantitative estimate of drug-likeness (QED) is 0.345. The van der Waals surface area contributed by atoms with E-state index in [1.807, 2.05) is 42.3 Å². The van der Waals surface area contributed by atoms with Gasteiger partial charge in [0, 0.05) is 53.5 Å². The molecule has 0 N–H and O–H groups in total. The highest BCUT2D eigenvalue weighted by Crippen LogP contribution is 2.33. The molecule has 0 saturated carbocycles. The summed E-state index contributed by atoms with van der Waals surface area (Å²) in [5, 5.41) is 0. The number of hydrogen-bond donors (Lipinski definition) is 0. The monoisotopic (exact) mass is 418 g/mol. The number of carbonyl (C=O) groups excluding carboxylic acids is 1. The van der Waals surface area contributed by atoms with Gasteiger partial charge in [-0.15, -0.1) is 0 Å². The molecular weight excluding hydrogens is 388 g/mol. The SMILES string of the molecule is CCn1c(C)c(Cc2ccccc2SN2CCCC2)c(C(=O)c2ccccc2)c1C. The van der Waals surface area contributed by atoms with Crippen LogP contribution in [0.1, 0.15) is 58.2 Å². The molecule has 0 bridgehead atoms. The Bertz CT molecular complexity index is 1030. The third-order valence-corrected chi connectivity index (χ3v) is 7.34. The maximum absolute atomic E-state index is 13.5. The molecule has 3 nitrogen and oxygen atoms in total. The van der Waals surface area contributed by atoms with Crippen LogP contribution in [0.25, 0.3) is 0 Å². The molecule has 0 amide bonds. The Kier molecular flexibility index (Phi) is 6.45. The van der Waals surface area contributed by atoms with Crippen molar-refractivity contribution >= 4 is 17.7 Å². The number of hydrogen-bond acceptors (Lipinski definition) is 3. The van der Waals surface area contributed by atoms with E-state index < -0.39 is 0 Å². The van der Waals surface area contributed by atoms with Crippen molar-refractivity contribution in [1.29, 1.82) is 0 Å². The summed E-state index contributed by atoms with van der Waals surface area (Å²) in [4.78, 5) is 14.8. The van der Waals surface area contributed by atoms with Crippen LogP contribution in [0.4, 0.5) is 0 Å². The van der Waals surface area contributed by atoms with E-state index in [9.17, 15) is 4.79 Å². The molecule has 2 aromatic carbocycles. The fourth-order valence-electron chi connectivity index (χ4n) is 4.52. The Labute approximate surface area is 184 Å². The molecular formula is C26H30N2OS. The highest BCUT2D eigenvalue weighted by atomic mass is 32.2. The van der Waals surface area contributed by atoms with Gasteiger partial charge in [-0.05, 0) is 62.8 Å². The standard InChI is InChI=1S/C26H30N2OS/c1-4-28-19(2)23(25(20(28)3)26(29)21-12-6-5-7-13-21)18-22-14-8-9-15-24(22)30-27-16-10-11-17-27/h5-9,12-15H,4,10-11,16-18H2,1-3H3. The van der Waals surface area contributed by atoms with E-state index in [1.54, 1.807) is 0 Å². The minimum absolute atomic E-state index is 0.128. The number of carbonyl (C=O) groups is 1. The minimum Gasteiger partial charge on any atom is -0.348 e. The Morgan fingerprint density at radius 1 is 0.933 bits per heavy atom. The second kappa shape index (κ2) is 9.23. The molecule has 1 aliphatic heterocycles.